The molecule has 3 aromatic heterocycles. The summed E-state index contributed by atoms with van der Waals surface area (Å²) in [6.45, 7) is 1.75. The molecular formula is C21H21FN8O3S. The number of hydrogen-bond acceptors (Lipinski definition) is 9. The molecule has 4 aromatic rings. The molecule has 11 nitrogen and oxygen atoms in total. The molecule has 0 aliphatic carbocycles. The molecule has 0 aliphatic heterocycles. The Bertz CT molecular complexity index is 1260. The maximum absolute atomic E-state index is 13.1. The Labute approximate surface area is 197 Å². The minimum Gasteiger partial charge on any atom is -0.494 e. The van der Waals surface area contributed by atoms with Crippen molar-refractivity contribution >= 4 is 16.9 Å². The van der Waals surface area contributed by atoms with Crippen LogP contribution in [0.15, 0.2) is 49.2 Å². The van der Waals surface area contributed by atoms with Gasteiger partial charge in [0.05, 0.1) is 38.1 Å². The number of aromatic nitrogens is 7. The Kier molecular flexibility index (Phi) is 7.01. The standard InChI is InChI=1S/C21H21FN8O3S/c1-13(9-18-25-10-14(22)11-26-18)34(31)29-21-28-27-20(15-12-23-7-8-24-15)30(21)19-16(32-2)5-4-6-17(19)33-3/h4-8,10-13H,9H2,1-3H3,(H,28,29). The van der Waals surface area contributed by atoms with Gasteiger partial charge in [-0.1, -0.05) is 6.07 Å². The second-order valence-corrected chi connectivity index (χ2v) is 8.62. The maximum Gasteiger partial charge on any atom is 0.241 e. The highest BCUT2D eigenvalue weighted by molar-refractivity contribution is 7.86. The van der Waals surface area contributed by atoms with E-state index in [-0.39, 0.29) is 12.4 Å². The van der Waals surface area contributed by atoms with Gasteiger partial charge in [0.25, 0.3) is 0 Å². The first-order valence-electron chi connectivity index (χ1n) is 10.1. The number of methoxy groups -OCH3 is 2. The van der Waals surface area contributed by atoms with Crippen molar-refractivity contribution in [2.75, 3.05) is 18.9 Å². The summed E-state index contributed by atoms with van der Waals surface area (Å²) in [5.41, 5.74) is 0.932. The van der Waals surface area contributed by atoms with Crippen LogP contribution in [0, 0.1) is 5.82 Å². The SMILES string of the molecule is COc1cccc(OC)c1-n1c(NS(=O)C(C)Cc2ncc(F)cn2)nnc1-c1cnccn1. The second-order valence-electron chi connectivity index (χ2n) is 7.02. The lowest BCUT2D eigenvalue weighted by molar-refractivity contribution is 0.391. The number of rotatable bonds is 9. The van der Waals surface area contributed by atoms with Crippen LogP contribution in [0.3, 0.4) is 0 Å². The largest absolute Gasteiger partial charge is 0.494 e. The normalized spacial score (nSPS) is 12.7. The molecule has 0 spiro atoms. The van der Waals surface area contributed by atoms with Gasteiger partial charge in [0.1, 0.15) is 39.7 Å². The van der Waals surface area contributed by atoms with E-state index < -0.39 is 22.1 Å². The predicted octanol–water partition coefficient (Wildman–Crippen LogP) is 2.38. The van der Waals surface area contributed by atoms with E-state index >= 15 is 0 Å². The summed E-state index contributed by atoms with van der Waals surface area (Å²) in [5, 5.41) is 8.03. The molecule has 2 unspecified atom stereocenters. The van der Waals surface area contributed by atoms with Crippen LogP contribution >= 0.6 is 0 Å². The van der Waals surface area contributed by atoms with Gasteiger partial charge in [-0.05, 0) is 19.1 Å². The van der Waals surface area contributed by atoms with Crippen LogP contribution in [0.5, 0.6) is 11.5 Å². The quantitative estimate of drug-likeness (QED) is 0.380. The van der Waals surface area contributed by atoms with Crippen molar-refractivity contribution in [1.29, 1.82) is 0 Å². The van der Waals surface area contributed by atoms with E-state index in [9.17, 15) is 8.60 Å². The molecule has 0 amide bonds. The van der Waals surface area contributed by atoms with E-state index in [1.165, 1.54) is 26.6 Å². The number of nitrogens with one attached hydrogen (secondary N) is 1. The molecule has 0 aliphatic rings. The third-order valence-electron chi connectivity index (χ3n) is 4.78. The molecule has 1 aromatic carbocycles. The molecule has 0 saturated carbocycles. The number of anilines is 1. The van der Waals surface area contributed by atoms with Gasteiger partial charge in [-0.25, -0.2) is 23.6 Å². The molecule has 0 fully saturated rings. The predicted molar refractivity (Wildman–Crippen MR) is 122 cm³/mol. The monoisotopic (exact) mass is 484 g/mol. The molecular weight excluding hydrogens is 463 g/mol. The molecule has 3 heterocycles. The first-order chi connectivity index (χ1) is 16.5. The summed E-state index contributed by atoms with van der Waals surface area (Å²) >= 11 is 0. The van der Waals surface area contributed by atoms with E-state index in [2.05, 4.69) is 34.9 Å². The fourth-order valence-corrected chi connectivity index (χ4v) is 3.98. The van der Waals surface area contributed by atoms with Crippen LogP contribution < -0.4 is 14.2 Å². The van der Waals surface area contributed by atoms with Crippen molar-refractivity contribution < 1.29 is 18.1 Å². The Morgan fingerprint density at radius 3 is 2.38 bits per heavy atom. The van der Waals surface area contributed by atoms with Gasteiger partial charge in [0, 0.05) is 18.8 Å². The Hall–Kier alpha value is -4.00. The lowest BCUT2D eigenvalue weighted by Crippen LogP contribution is -2.23. The first kappa shape index (κ1) is 23.2. The Morgan fingerprint density at radius 2 is 1.76 bits per heavy atom. The molecule has 4 rings (SSSR count). The summed E-state index contributed by atoms with van der Waals surface area (Å²) in [5.74, 6) is 1.30. The van der Waals surface area contributed by atoms with Gasteiger partial charge in [-0.15, -0.1) is 10.2 Å². The summed E-state index contributed by atoms with van der Waals surface area (Å²) in [7, 11) is 1.43. The third kappa shape index (κ3) is 4.83. The highest BCUT2D eigenvalue weighted by atomic mass is 32.2. The van der Waals surface area contributed by atoms with Crippen molar-refractivity contribution in [2.24, 2.45) is 0 Å². The van der Waals surface area contributed by atoms with Crippen molar-refractivity contribution in [3.05, 3.63) is 60.8 Å². The lowest BCUT2D eigenvalue weighted by atomic mass is 10.2. The van der Waals surface area contributed by atoms with Gasteiger partial charge in [-0.3, -0.25) is 14.3 Å². The van der Waals surface area contributed by atoms with Crippen LogP contribution in [-0.2, 0) is 17.4 Å². The molecule has 1 N–H and O–H groups in total. The number of hydrogen-bond donors (Lipinski definition) is 1. The number of ether oxygens (including phenoxy) is 2. The van der Waals surface area contributed by atoms with E-state index in [1.807, 2.05) is 0 Å². The topological polar surface area (TPSA) is 130 Å². The number of halogens is 1. The number of benzene rings is 1. The van der Waals surface area contributed by atoms with E-state index in [0.717, 1.165) is 12.4 Å². The molecule has 0 bridgehead atoms. The molecule has 176 valence electrons. The van der Waals surface area contributed by atoms with Crippen LogP contribution in [-0.4, -0.2) is 58.4 Å². The Morgan fingerprint density at radius 1 is 1.06 bits per heavy atom. The minimum absolute atomic E-state index is 0.175. The zero-order valence-corrected chi connectivity index (χ0v) is 19.4. The summed E-state index contributed by atoms with van der Waals surface area (Å²) in [4.78, 5) is 16.3. The fraction of sp³-hybridized carbons (Fsp3) is 0.238. The first-order valence-corrected chi connectivity index (χ1v) is 11.3. The van der Waals surface area contributed by atoms with Gasteiger partial charge in [0.15, 0.2) is 11.6 Å². The zero-order chi connectivity index (χ0) is 24.1. The molecule has 0 radical (unpaired) electrons. The Balaban J connectivity index is 1.73. The molecule has 34 heavy (non-hydrogen) atoms. The van der Waals surface area contributed by atoms with Crippen molar-refractivity contribution in [3.63, 3.8) is 0 Å². The van der Waals surface area contributed by atoms with Crippen LogP contribution in [0.1, 0.15) is 12.7 Å². The van der Waals surface area contributed by atoms with Gasteiger partial charge < -0.3 is 9.47 Å². The van der Waals surface area contributed by atoms with Crippen molar-refractivity contribution in [2.45, 2.75) is 18.6 Å². The average Bonchev–Trinajstić information content (AvgIpc) is 3.28. The van der Waals surface area contributed by atoms with Crippen molar-refractivity contribution in [3.8, 4) is 28.7 Å². The highest BCUT2D eigenvalue weighted by Gasteiger charge is 2.25. The summed E-state index contributed by atoms with van der Waals surface area (Å²) in [6, 6.07) is 5.30. The van der Waals surface area contributed by atoms with Gasteiger partial charge in [-0.2, -0.15) is 0 Å². The van der Waals surface area contributed by atoms with Crippen LogP contribution in [0.2, 0.25) is 0 Å². The fourth-order valence-electron chi connectivity index (χ4n) is 3.16. The zero-order valence-electron chi connectivity index (χ0n) is 18.5. The summed E-state index contributed by atoms with van der Waals surface area (Å²) < 4.78 is 41.8. The third-order valence-corrected chi connectivity index (χ3v) is 6.06. The van der Waals surface area contributed by atoms with Crippen LogP contribution in [0.25, 0.3) is 17.2 Å². The number of para-hydroxylation sites is 1. The van der Waals surface area contributed by atoms with Gasteiger partial charge in [0.2, 0.25) is 5.95 Å². The smallest absolute Gasteiger partial charge is 0.241 e. The highest BCUT2D eigenvalue weighted by Crippen LogP contribution is 2.37. The molecule has 13 heteroatoms. The summed E-state index contributed by atoms with van der Waals surface area (Å²) in [6.07, 6.45) is 7.01. The van der Waals surface area contributed by atoms with Crippen LogP contribution in [0.4, 0.5) is 10.3 Å². The van der Waals surface area contributed by atoms with Gasteiger partial charge >= 0.3 is 0 Å². The van der Waals surface area contributed by atoms with E-state index in [1.54, 1.807) is 35.9 Å². The minimum atomic E-state index is -1.63. The van der Waals surface area contributed by atoms with E-state index in [4.69, 9.17) is 9.47 Å². The molecule has 2 atom stereocenters. The second kappa shape index (κ2) is 10.3. The molecule has 0 saturated heterocycles. The van der Waals surface area contributed by atoms with Crippen molar-refractivity contribution in [1.82, 2.24) is 34.7 Å². The van der Waals surface area contributed by atoms with E-state index in [0.29, 0.717) is 34.5 Å². The average molecular weight is 485 g/mol. The maximum atomic E-state index is 13.1. The number of nitrogens with zero attached hydrogens (tertiary/aromatic N) is 7. The lowest BCUT2D eigenvalue weighted by Gasteiger charge is -2.18.